The van der Waals surface area contributed by atoms with E-state index in [0.29, 0.717) is 0 Å². The van der Waals surface area contributed by atoms with E-state index in [4.69, 9.17) is 5.73 Å². The highest BCUT2D eigenvalue weighted by Gasteiger charge is 2.42. The second kappa shape index (κ2) is 3.07. The zero-order valence-corrected chi connectivity index (χ0v) is 8.78. The molecule has 0 aromatic carbocycles. The van der Waals surface area contributed by atoms with Gasteiger partial charge >= 0.3 is 0 Å². The molecular formula is C12H20N2. The van der Waals surface area contributed by atoms with Crippen molar-refractivity contribution >= 4 is 0 Å². The minimum absolute atomic E-state index is 0.209. The number of allylic oxidation sites excluding steroid dienone is 2. The molecule has 78 valence electrons. The minimum atomic E-state index is 0.209. The lowest BCUT2D eigenvalue weighted by atomic mass is 9.86. The van der Waals surface area contributed by atoms with Crippen molar-refractivity contribution in [2.45, 2.75) is 31.2 Å². The van der Waals surface area contributed by atoms with E-state index in [-0.39, 0.29) is 5.54 Å². The molecule has 2 N–H and O–H groups in total. The van der Waals surface area contributed by atoms with Gasteiger partial charge in [0.05, 0.1) is 0 Å². The van der Waals surface area contributed by atoms with Crippen molar-refractivity contribution < 1.29 is 0 Å². The second-order valence-electron chi connectivity index (χ2n) is 5.52. The van der Waals surface area contributed by atoms with Gasteiger partial charge in [0.15, 0.2) is 0 Å². The molecule has 2 atom stereocenters. The Hall–Kier alpha value is -0.340. The Kier molecular flexibility index (Phi) is 1.96. The van der Waals surface area contributed by atoms with Crippen LogP contribution in [0.1, 0.15) is 25.7 Å². The Morgan fingerprint density at radius 2 is 1.71 bits per heavy atom. The van der Waals surface area contributed by atoms with E-state index in [2.05, 4.69) is 17.1 Å². The highest BCUT2D eigenvalue weighted by Crippen LogP contribution is 2.37. The summed E-state index contributed by atoms with van der Waals surface area (Å²) in [6.45, 7) is 3.75. The van der Waals surface area contributed by atoms with Crippen LogP contribution in [0.4, 0.5) is 0 Å². The minimum Gasteiger partial charge on any atom is -0.324 e. The topological polar surface area (TPSA) is 29.3 Å². The third kappa shape index (κ3) is 1.61. The fourth-order valence-corrected chi connectivity index (χ4v) is 3.01. The number of likely N-dealkylation sites (tertiary alicyclic amines) is 1. The molecular weight excluding hydrogens is 172 g/mol. The molecule has 0 radical (unpaired) electrons. The van der Waals surface area contributed by atoms with E-state index in [1.165, 1.54) is 38.8 Å². The van der Waals surface area contributed by atoms with Crippen LogP contribution in [0.25, 0.3) is 0 Å². The Morgan fingerprint density at radius 1 is 1.14 bits per heavy atom. The predicted molar refractivity (Wildman–Crippen MR) is 57.9 cm³/mol. The molecule has 3 rings (SSSR count). The SMILES string of the molecule is NC1(CN2C[C@H]3CC=CC[C@H]3C2)CC1. The zero-order valence-electron chi connectivity index (χ0n) is 8.78. The first kappa shape index (κ1) is 8.93. The molecule has 1 heterocycles. The molecule has 1 saturated heterocycles. The van der Waals surface area contributed by atoms with Gasteiger partial charge in [0.2, 0.25) is 0 Å². The standard InChI is InChI=1S/C12H20N2/c13-12(5-6-12)9-14-7-10-3-1-2-4-11(10)8-14/h1-2,10-11H,3-9,13H2/t10-,11+. The highest BCUT2D eigenvalue weighted by atomic mass is 15.2. The van der Waals surface area contributed by atoms with Gasteiger partial charge in [-0.1, -0.05) is 12.2 Å². The summed E-state index contributed by atoms with van der Waals surface area (Å²) < 4.78 is 0. The van der Waals surface area contributed by atoms with Crippen molar-refractivity contribution in [3.05, 3.63) is 12.2 Å². The molecule has 0 aromatic heterocycles. The Labute approximate surface area is 86.1 Å². The van der Waals surface area contributed by atoms with Crippen LogP contribution in [-0.2, 0) is 0 Å². The van der Waals surface area contributed by atoms with E-state index in [9.17, 15) is 0 Å². The number of nitrogens with two attached hydrogens (primary N) is 1. The molecule has 1 saturated carbocycles. The van der Waals surface area contributed by atoms with Crippen molar-refractivity contribution in [1.29, 1.82) is 0 Å². The van der Waals surface area contributed by atoms with Crippen LogP contribution >= 0.6 is 0 Å². The third-order valence-electron chi connectivity index (χ3n) is 4.13. The number of hydrogen-bond donors (Lipinski definition) is 1. The molecule has 0 aromatic rings. The van der Waals surface area contributed by atoms with Gasteiger partial charge in [0.1, 0.15) is 0 Å². The van der Waals surface area contributed by atoms with E-state index in [0.717, 1.165) is 18.4 Å². The van der Waals surface area contributed by atoms with Gasteiger partial charge in [0.25, 0.3) is 0 Å². The van der Waals surface area contributed by atoms with Gasteiger partial charge in [-0.3, -0.25) is 0 Å². The second-order valence-corrected chi connectivity index (χ2v) is 5.52. The van der Waals surface area contributed by atoms with Crippen molar-refractivity contribution in [3.63, 3.8) is 0 Å². The van der Waals surface area contributed by atoms with Crippen molar-refractivity contribution in [2.24, 2.45) is 17.6 Å². The Morgan fingerprint density at radius 3 is 2.21 bits per heavy atom. The summed E-state index contributed by atoms with van der Waals surface area (Å²) >= 11 is 0. The lowest BCUT2D eigenvalue weighted by Gasteiger charge is -2.19. The molecule has 0 unspecified atom stereocenters. The van der Waals surface area contributed by atoms with Gasteiger partial charge in [-0.2, -0.15) is 0 Å². The van der Waals surface area contributed by atoms with E-state index < -0.39 is 0 Å². The van der Waals surface area contributed by atoms with E-state index in [1.54, 1.807) is 0 Å². The van der Waals surface area contributed by atoms with Gasteiger partial charge in [-0.05, 0) is 37.5 Å². The summed E-state index contributed by atoms with van der Waals surface area (Å²) in [6.07, 6.45) is 9.83. The predicted octanol–water partition coefficient (Wildman–Crippen LogP) is 1.38. The fourth-order valence-electron chi connectivity index (χ4n) is 3.01. The molecule has 0 bridgehead atoms. The number of nitrogens with zero attached hydrogens (tertiary/aromatic N) is 1. The van der Waals surface area contributed by atoms with Gasteiger partial charge in [-0.15, -0.1) is 0 Å². The van der Waals surface area contributed by atoms with Crippen LogP contribution in [0.5, 0.6) is 0 Å². The first-order valence-electron chi connectivity index (χ1n) is 5.91. The fraction of sp³-hybridized carbons (Fsp3) is 0.833. The molecule has 2 nitrogen and oxygen atoms in total. The average Bonchev–Trinajstić information content (AvgIpc) is 2.77. The van der Waals surface area contributed by atoms with Crippen molar-refractivity contribution in [1.82, 2.24) is 4.90 Å². The number of hydrogen-bond acceptors (Lipinski definition) is 2. The normalized spacial score (nSPS) is 39.8. The molecule has 0 spiro atoms. The quantitative estimate of drug-likeness (QED) is 0.670. The molecule has 1 aliphatic heterocycles. The smallest absolute Gasteiger partial charge is 0.0284 e. The molecule has 2 aliphatic carbocycles. The molecule has 3 aliphatic rings. The number of fused-ring (bicyclic) bond motifs is 1. The van der Waals surface area contributed by atoms with Gasteiger partial charge < -0.3 is 10.6 Å². The maximum Gasteiger partial charge on any atom is 0.0284 e. The monoisotopic (exact) mass is 192 g/mol. The van der Waals surface area contributed by atoms with E-state index in [1.807, 2.05) is 0 Å². The lowest BCUT2D eigenvalue weighted by Crippen LogP contribution is -2.38. The highest BCUT2D eigenvalue weighted by molar-refractivity contribution is 5.05. The van der Waals surface area contributed by atoms with Crippen LogP contribution < -0.4 is 5.73 Å². The van der Waals surface area contributed by atoms with Crippen LogP contribution in [0.3, 0.4) is 0 Å². The van der Waals surface area contributed by atoms with Gasteiger partial charge in [0, 0.05) is 25.2 Å². The summed E-state index contributed by atoms with van der Waals surface area (Å²) in [5.41, 5.74) is 6.37. The summed E-state index contributed by atoms with van der Waals surface area (Å²) in [5.74, 6) is 1.87. The van der Waals surface area contributed by atoms with Crippen molar-refractivity contribution in [2.75, 3.05) is 19.6 Å². The number of rotatable bonds is 2. The third-order valence-corrected chi connectivity index (χ3v) is 4.13. The maximum absolute atomic E-state index is 6.16. The average molecular weight is 192 g/mol. The van der Waals surface area contributed by atoms with E-state index >= 15 is 0 Å². The summed E-state index contributed by atoms with van der Waals surface area (Å²) in [4.78, 5) is 2.61. The molecule has 0 amide bonds. The van der Waals surface area contributed by atoms with Crippen LogP contribution in [-0.4, -0.2) is 30.1 Å². The Balaban J connectivity index is 1.59. The van der Waals surface area contributed by atoms with Gasteiger partial charge in [-0.25, -0.2) is 0 Å². The van der Waals surface area contributed by atoms with Crippen molar-refractivity contribution in [3.8, 4) is 0 Å². The van der Waals surface area contributed by atoms with Crippen LogP contribution in [0.2, 0.25) is 0 Å². The maximum atomic E-state index is 6.16. The Bertz CT molecular complexity index is 239. The first-order chi connectivity index (χ1) is 6.75. The molecule has 14 heavy (non-hydrogen) atoms. The summed E-state index contributed by atoms with van der Waals surface area (Å²) in [5, 5.41) is 0. The summed E-state index contributed by atoms with van der Waals surface area (Å²) in [6, 6.07) is 0. The molecule has 2 heteroatoms. The largest absolute Gasteiger partial charge is 0.324 e. The molecule has 2 fully saturated rings. The van der Waals surface area contributed by atoms with Crippen LogP contribution in [0, 0.1) is 11.8 Å². The first-order valence-corrected chi connectivity index (χ1v) is 5.91. The van der Waals surface area contributed by atoms with Crippen LogP contribution in [0.15, 0.2) is 12.2 Å². The lowest BCUT2D eigenvalue weighted by molar-refractivity contribution is 0.291. The zero-order chi connectivity index (χ0) is 9.60. The summed E-state index contributed by atoms with van der Waals surface area (Å²) in [7, 11) is 0.